The standard InChI is InChI=1S/C19H23ClN2O5S/c1-12-6-7-14(20)10-16(12)21-19(23)13(2)22(28(5,24)25)15-8-9-17(26-3)18(11-15)27-4/h6-11,13H,1-5H3,(H,21,23). The van der Waals surface area contributed by atoms with E-state index in [1.54, 1.807) is 30.3 Å². The van der Waals surface area contributed by atoms with E-state index in [1.807, 2.05) is 6.92 Å². The van der Waals surface area contributed by atoms with Gasteiger partial charge in [-0.1, -0.05) is 17.7 Å². The molecule has 2 aromatic carbocycles. The van der Waals surface area contributed by atoms with E-state index in [1.165, 1.54) is 27.2 Å². The number of nitrogens with zero attached hydrogens (tertiary/aromatic N) is 1. The number of ether oxygens (including phenoxy) is 2. The molecular weight excluding hydrogens is 404 g/mol. The second kappa shape index (κ2) is 8.70. The topological polar surface area (TPSA) is 84.9 Å². The molecular formula is C19H23ClN2O5S. The minimum atomic E-state index is -3.77. The molecule has 1 atom stereocenters. The van der Waals surface area contributed by atoms with Gasteiger partial charge in [-0.15, -0.1) is 0 Å². The van der Waals surface area contributed by atoms with Gasteiger partial charge in [-0.25, -0.2) is 8.42 Å². The molecule has 1 N–H and O–H groups in total. The number of sulfonamides is 1. The van der Waals surface area contributed by atoms with Crippen molar-refractivity contribution < 1.29 is 22.7 Å². The molecule has 0 saturated heterocycles. The van der Waals surface area contributed by atoms with E-state index >= 15 is 0 Å². The van der Waals surface area contributed by atoms with Crippen molar-refractivity contribution in [3.63, 3.8) is 0 Å². The molecule has 0 radical (unpaired) electrons. The molecule has 0 aliphatic carbocycles. The van der Waals surface area contributed by atoms with Gasteiger partial charge in [-0.2, -0.15) is 0 Å². The van der Waals surface area contributed by atoms with Crippen LogP contribution in [0.25, 0.3) is 0 Å². The summed E-state index contributed by atoms with van der Waals surface area (Å²) in [7, 11) is -0.837. The second-order valence-electron chi connectivity index (χ2n) is 6.22. The molecule has 2 aromatic rings. The number of benzene rings is 2. The number of carbonyl (C=O) groups is 1. The predicted molar refractivity (Wildman–Crippen MR) is 111 cm³/mol. The number of hydrogen-bond acceptors (Lipinski definition) is 5. The van der Waals surface area contributed by atoms with E-state index in [-0.39, 0.29) is 5.69 Å². The number of nitrogens with one attached hydrogen (secondary N) is 1. The molecule has 7 nitrogen and oxygen atoms in total. The molecule has 0 fully saturated rings. The summed E-state index contributed by atoms with van der Waals surface area (Å²) in [4.78, 5) is 12.8. The Balaban J connectivity index is 2.40. The predicted octanol–water partition coefficient (Wildman–Crippen LogP) is 3.46. The lowest BCUT2D eigenvalue weighted by atomic mass is 10.2. The molecule has 152 valence electrons. The van der Waals surface area contributed by atoms with Gasteiger partial charge in [0.2, 0.25) is 15.9 Å². The number of anilines is 2. The van der Waals surface area contributed by atoms with Crippen LogP contribution in [0.4, 0.5) is 11.4 Å². The van der Waals surface area contributed by atoms with E-state index < -0.39 is 22.0 Å². The Labute approximate surface area is 170 Å². The van der Waals surface area contributed by atoms with Gasteiger partial charge in [0.15, 0.2) is 11.5 Å². The highest BCUT2D eigenvalue weighted by atomic mass is 35.5. The summed E-state index contributed by atoms with van der Waals surface area (Å²) >= 11 is 5.99. The summed E-state index contributed by atoms with van der Waals surface area (Å²) in [5.74, 6) is 0.309. The van der Waals surface area contributed by atoms with Crippen LogP contribution in [0, 0.1) is 6.92 Å². The van der Waals surface area contributed by atoms with Gasteiger partial charge < -0.3 is 14.8 Å². The molecule has 0 aliphatic rings. The summed E-state index contributed by atoms with van der Waals surface area (Å²) in [6, 6.07) is 8.71. The van der Waals surface area contributed by atoms with E-state index in [2.05, 4.69) is 5.32 Å². The maximum Gasteiger partial charge on any atom is 0.248 e. The smallest absolute Gasteiger partial charge is 0.248 e. The fraction of sp³-hybridized carbons (Fsp3) is 0.316. The average Bonchev–Trinajstić information content (AvgIpc) is 2.63. The quantitative estimate of drug-likeness (QED) is 0.732. The molecule has 0 bridgehead atoms. The van der Waals surface area contributed by atoms with Gasteiger partial charge in [-0.3, -0.25) is 9.10 Å². The molecule has 0 saturated carbocycles. The van der Waals surface area contributed by atoms with Gasteiger partial charge in [0.25, 0.3) is 0 Å². The Bertz CT molecular complexity index is 978. The number of amides is 1. The number of halogens is 1. The van der Waals surface area contributed by atoms with Crippen molar-refractivity contribution >= 4 is 38.9 Å². The SMILES string of the molecule is COc1ccc(N(C(C)C(=O)Nc2cc(Cl)ccc2C)S(C)(=O)=O)cc1OC. The summed E-state index contributed by atoms with van der Waals surface area (Å²) in [6.45, 7) is 3.33. The first-order valence-corrected chi connectivity index (χ1v) is 10.6. The number of hydrogen-bond donors (Lipinski definition) is 1. The van der Waals surface area contributed by atoms with E-state index in [0.29, 0.717) is 22.2 Å². The van der Waals surface area contributed by atoms with Crippen LogP contribution in [-0.4, -0.2) is 40.8 Å². The Hall–Kier alpha value is -2.45. The van der Waals surface area contributed by atoms with Crippen molar-refractivity contribution in [2.24, 2.45) is 0 Å². The van der Waals surface area contributed by atoms with Crippen LogP contribution in [0.15, 0.2) is 36.4 Å². The minimum absolute atomic E-state index is 0.283. The summed E-state index contributed by atoms with van der Waals surface area (Å²) in [5.41, 5.74) is 1.61. The van der Waals surface area contributed by atoms with Crippen molar-refractivity contribution in [2.75, 3.05) is 30.1 Å². The van der Waals surface area contributed by atoms with Crippen molar-refractivity contribution in [1.29, 1.82) is 0 Å². The third-order valence-corrected chi connectivity index (χ3v) is 5.64. The van der Waals surface area contributed by atoms with Crippen LogP contribution in [0.1, 0.15) is 12.5 Å². The Morgan fingerprint density at radius 1 is 1.11 bits per heavy atom. The summed E-state index contributed by atoms with van der Waals surface area (Å²) in [6.07, 6.45) is 1.04. The first kappa shape index (κ1) is 21.8. The average molecular weight is 427 g/mol. The van der Waals surface area contributed by atoms with Crippen LogP contribution < -0.4 is 19.1 Å². The fourth-order valence-corrected chi connectivity index (χ4v) is 4.08. The lowest BCUT2D eigenvalue weighted by Gasteiger charge is -2.29. The second-order valence-corrected chi connectivity index (χ2v) is 8.52. The zero-order chi connectivity index (χ0) is 21.1. The monoisotopic (exact) mass is 426 g/mol. The third-order valence-electron chi connectivity index (χ3n) is 4.17. The molecule has 2 rings (SSSR count). The van der Waals surface area contributed by atoms with Gasteiger partial charge >= 0.3 is 0 Å². The first-order chi connectivity index (χ1) is 13.1. The van der Waals surface area contributed by atoms with E-state index in [9.17, 15) is 13.2 Å². The highest BCUT2D eigenvalue weighted by molar-refractivity contribution is 7.92. The summed E-state index contributed by atoms with van der Waals surface area (Å²) in [5, 5.41) is 3.20. The number of aryl methyl sites for hydroxylation is 1. The zero-order valence-corrected chi connectivity index (χ0v) is 17.9. The highest BCUT2D eigenvalue weighted by Gasteiger charge is 2.30. The van der Waals surface area contributed by atoms with Gasteiger partial charge in [0.1, 0.15) is 6.04 Å². The Morgan fingerprint density at radius 2 is 1.75 bits per heavy atom. The normalized spacial score (nSPS) is 12.2. The highest BCUT2D eigenvalue weighted by Crippen LogP contribution is 2.33. The van der Waals surface area contributed by atoms with Crippen molar-refractivity contribution in [3.05, 3.63) is 47.0 Å². The van der Waals surface area contributed by atoms with Gasteiger partial charge in [-0.05, 0) is 43.7 Å². The number of rotatable bonds is 7. The van der Waals surface area contributed by atoms with Crippen LogP contribution in [0.5, 0.6) is 11.5 Å². The molecule has 28 heavy (non-hydrogen) atoms. The summed E-state index contributed by atoms with van der Waals surface area (Å²) < 4.78 is 36.4. The van der Waals surface area contributed by atoms with Crippen LogP contribution >= 0.6 is 11.6 Å². The molecule has 1 amide bonds. The van der Waals surface area contributed by atoms with Gasteiger partial charge in [0, 0.05) is 16.8 Å². The van der Waals surface area contributed by atoms with Crippen molar-refractivity contribution in [2.45, 2.75) is 19.9 Å². The third kappa shape index (κ3) is 4.88. The van der Waals surface area contributed by atoms with Gasteiger partial charge in [0.05, 0.1) is 26.2 Å². The molecule has 0 aliphatic heterocycles. The minimum Gasteiger partial charge on any atom is -0.493 e. The van der Waals surface area contributed by atoms with E-state index in [4.69, 9.17) is 21.1 Å². The molecule has 1 unspecified atom stereocenters. The van der Waals surface area contributed by atoms with Crippen LogP contribution in [-0.2, 0) is 14.8 Å². The largest absolute Gasteiger partial charge is 0.493 e. The zero-order valence-electron chi connectivity index (χ0n) is 16.3. The molecule has 0 spiro atoms. The van der Waals surface area contributed by atoms with Crippen molar-refractivity contribution in [3.8, 4) is 11.5 Å². The lowest BCUT2D eigenvalue weighted by Crippen LogP contribution is -2.45. The molecule has 9 heteroatoms. The first-order valence-electron chi connectivity index (χ1n) is 8.37. The maximum absolute atomic E-state index is 12.8. The number of methoxy groups -OCH3 is 2. The number of carbonyl (C=O) groups excluding carboxylic acids is 1. The Kier molecular flexibility index (Phi) is 6.79. The lowest BCUT2D eigenvalue weighted by molar-refractivity contribution is -0.116. The molecule has 0 heterocycles. The maximum atomic E-state index is 12.8. The van der Waals surface area contributed by atoms with Crippen LogP contribution in [0.2, 0.25) is 5.02 Å². The molecule has 0 aromatic heterocycles. The van der Waals surface area contributed by atoms with E-state index in [0.717, 1.165) is 16.1 Å². The Morgan fingerprint density at radius 3 is 2.32 bits per heavy atom. The van der Waals surface area contributed by atoms with Crippen molar-refractivity contribution in [1.82, 2.24) is 0 Å². The fourth-order valence-electron chi connectivity index (χ4n) is 2.74. The van der Waals surface area contributed by atoms with Crippen LogP contribution in [0.3, 0.4) is 0 Å².